The second-order valence-corrected chi connectivity index (χ2v) is 6.02. The molecule has 0 spiro atoms. The van der Waals surface area contributed by atoms with Crippen LogP contribution in [0.2, 0.25) is 0 Å². The molecule has 0 aromatic heterocycles. The average Bonchev–Trinajstić information content (AvgIpc) is 2.46. The van der Waals surface area contributed by atoms with Gasteiger partial charge in [0.25, 0.3) is 0 Å². The van der Waals surface area contributed by atoms with E-state index in [2.05, 4.69) is 0 Å². The molecule has 1 atom stereocenters. The molecule has 114 valence electrons. The zero-order chi connectivity index (χ0) is 15.5. The molecule has 5 heteroatoms. The Balaban J connectivity index is 2.01. The summed E-state index contributed by atoms with van der Waals surface area (Å²) in [5.41, 5.74) is 0.0439. The molecular weight excluding hydrogens is 270 g/mol. The molecule has 21 heavy (non-hydrogen) atoms. The number of ether oxygens (including phenoxy) is 2. The Bertz CT molecular complexity index is 507. The van der Waals surface area contributed by atoms with Crippen molar-refractivity contribution < 1.29 is 19.1 Å². The number of carbonyl (C=O) groups excluding carboxylic acids is 2. The maximum atomic E-state index is 12.3. The topological polar surface area (TPSA) is 55.8 Å². The largest absolute Gasteiger partial charge is 0.444 e. The van der Waals surface area contributed by atoms with E-state index in [1.54, 1.807) is 12.1 Å². The molecule has 1 amide bonds. The van der Waals surface area contributed by atoms with E-state index in [1.807, 2.05) is 39.0 Å². The lowest BCUT2D eigenvalue weighted by atomic mass is 10.1. The zero-order valence-electron chi connectivity index (χ0n) is 12.7. The number of carbonyl (C=O) groups is 2. The predicted molar refractivity (Wildman–Crippen MR) is 78.3 cm³/mol. The molecule has 0 N–H and O–H groups in total. The molecule has 0 unspecified atom stereocenters. The van der Waals surface area contributed by atoms with Gasteiger partial charge in [-0.25, -0.2) is 4.79 Å². The minimum atomic E-state index is -0.631. The quantitative estimate of drug-likeness (QED) is 0.786. The van der Waals surface area contributed by atoms with E-state index in [4.69, 9.17) is 9.47 Å². The summed E-state index contributed by atoms with van der Waals surface area (Å²) in [7, 11) is 0. The van der Waals surface area contributed by atoms with Crippen molar-refractivity contribution in [2.24, 2.45) is 0 Å². The second kappa shape index (κ2) is 6.26. The number of Topliss-reactive ketones (excluding diaryl/α,β-unsaturated/α-hetero) is 1. The summed E-state index contributed by atoms with van der Waals surface area (Å²) in [4.78, 5) is 25.9. The Morgan fingerprint density at radius 2 is 1.90 bits per heavy atom. The molecule has 1 saturated heterocycles. The minimum Gasteiger partial charge on any atom is -0.444 e. The van der Waals surface area contributed by atoms with Crippen LogP contribution in [0.25, 0.3) is 0 Å². The first-order valence-corrected chi connectivity index (χ1v) is 7.05. The zero-order valence-corrected chi connectivity index (χ0v) is 12.7. The van der Waals surface area contributed by atoms with Crippen LogP contribution in [0.4, 0.5) is 4.79 Å². The highest BCUT2D eigenvalue weighted by Crippen LogP contribution is 2.15. The summed E-state index contributed by atoms with van der Waals surface area (Å²) in [5.74, 6) is -0.108. The van der Waals surface area contributed by atoms with Crippen molar-refractivity contribution in [3.05, 3.63) is 35.9 Å². The highest BCUT2D eigenvalue weighted by molar-refractivity contribution is 5.99. The van der Waals surface area contributed by atoms with E-state index in [1.165, 1.54) is 4.90 Å². The van der Waals surface area contributed by atoms with Gasteiger partial charge in [-0.15, -0.1) is 0 Å². The van der Waals surface area contributed by atoms with Gasteiger partial charge < -0.3 is 14.4 Å². The molecule has 1 heterocycles. The third-order valence-corrected chi connectivity index (χ3v) is 3.07. The molecule has 1 aromatic rings. The van der Waals surface area contributed by atoms with Crippen LogP contribution < -0.4 is 0 Å². The Labute approximate surface area is 124 Å². The van der Waals surface area contributed by atoms with Crippen LogP contribution in [0.5, 0.6) is 0 Å². The van der Waals surface area contributed by atoms with Gasteiger partial charge in [0.05, 0.1) is 13.2 Å². The van der Waals surface area contributed by atoms with Gasteiger partial charge >= 0.3 is 6.09 Å². The molecule has 1 fully saturated rings. The maximum Gasteiger partial charge on any atom is 0.410 e. The smallest absolute Gasteiger partial charge is 0.410 e. The van der Waals surface area contributed by atoms with Crippen molar-refractivity contribution in [3.63, 3.8) is 0 Å². The molecule has 0 radical (unpaired) electrons. The Morgan fingerprint density at radius 3 is 2.52 bits per heavy atom. The van der Waals surface area contributed by atoms with Gasteiger partial charge in [-0.05, 0) is 20.8 Å². The van der Waals surface area contributed by atoms with Gasteiger partial charge in [0.15, 0.2) is 5.78 Å². The van der Waals surface area contributed by atoms with E-state index >= 15 is 0 Å². The molecule has 1 aliphatic rings. The Kier molecular flexibility index (Phi) is 4.63. The van der Waals surface area contributed by atoms with Crippen LogP contribution in [-0.4, -0.2) is 48.2 Å². The first-order chi connectivity index (χ1) is 9.87. The summed E-state index contributed by atoms with van der Waals surface area (Å²) in [5, 5.41) is 0. The van der Waals surface area contributed by atoms with E-state index < -0.39 is 17.8 Å². The third kappa shape index (κ3) is 4.29. The van der Waals surface area contributed by atoms with Crippen molar-refractivity contribution in [2.45, 2.75) is 32.5 Å². The fourth-order valence-corrected chi connectivity index (χ4v) is 2.09. The monoisotopic (exact) mass is 291 g/mol. The van der Waals surface area contributed by atoms with Crippen molar-refractivity contribution in [3.8, 4) is 0 Å². The molecule has 1 aliphatic heterocycles. The molecule has 1 aromatic carbocycles. The van der Waals surface area contributed by atoms with Crippen LogP contribution >= 0.6 is 0 Å². The summed E-state index contributed by atoms with van der Waals surface area (Å²) in [6.07, 6.45) is -1.04. The Morgan fingerprint density at radius 1 is 1.24 bits per heavy atom. The van der Waals surface area contributed by atoms with E-state index in [0.29, 0.717) is 18.7 Å². The van der Waals surface area contributed by atoms with Crippen molar-refractivity contribution >= 4 is 11.9 Å². The van der Waals surface area contributed by atoms with Gasteiger partial charge in [-0.3, -0.25) is 4.79 Å². The number of rotatable bonds is 2. The predicted octanol–water partition coefficient (Wildman–Crippen LogP) is 2.51. The summed E-state index contributed by atoms with van der Waals surface area (Å²) in [6, 6.07) is 8.96. The molecular formula is C16H21NO4. The number of morpholine rings is 1. The third-order valence-electron chi connectivity index (χ3n) is 3.07. The average molecular weight is 291 g/mol. The number of amides is 1. The lowest BCUT2D eigenvalue weighted by molar-refractivity contribution is -0.0321. The van der Waals surface area contributed by atoms with Crippen molar-refractivity contribution in [1.82, 2.24) is 4.90 Å². The molecule has 0 aliphatic carbocycles. The van der Waals surface area contributed by atoms with Gasteiger partial charge in [0.1, 0.15) is 11.7 Å². The van der Waals surface area contributed by atoms with Gasteiger partial charge in [0.2, 0.25) is 0 Å². The van der Waals surface area contributed by atoms with Crippen molar-refractivity contribution in [2.75, 3.05) is 19.7 Å². The second-order valence-electron chi connectivity index (χ2n) is 6.02. The van der Waals surface area contributed by atoms with E-state index in [0.717, 1.165) is 0 Å². The molecule has 0 saturated carbocycles. The fraction of sp³-hybridized carbons (Fsp3) is 0.500. The number of ketones is 1. The number of nitrogens with zero attached hydrogens (tertiary/aromatic N) is 1. The van der Waals surface area contributed by atoms with E-state index in [-0.39, 0.29) is 12.3 Å². The first kappa shape index (κ1) is 15.5. The van der Waals surface area contributed by atoms with Crippen LogP contribution in [0.1, 0.15) is 31.1 Å². The fourth-order valence-electron chi connectivity index (χ4n) is 2.09. The Hall–Kier alpha value is -1.88. The van der Waals surface area contributed by atoms with Gasteiger partial charge in [-0.1, -0.05) is 30.3 Å². The van der Waals surface area contributed by atoms with Gasteiger partial charge in [-0.2, -0.15) is 0 Å². The summed E-state index contributed by atoms with van der Waals surface area (Å²) >= 11 is 0. The number of hydrogen-bond acceptors (Lipinski definition) is 4. The van der Waals surface area contributed by atoms with Gasteiger partial charge in [0, 0.05) is 12.1 Å². The van der Waals surface area contributed by atoms with Crippen LogP contribution in [0.15, 0.2) is 30.3 Å². The highest BCUT2D eigenvalue weighted by atomic mass is 16.6. The number of hydrogen-bond donors (Lipinski definition) is 0. The van der Waals surface area contributed by atoms with Crippen LogP contribution in [0, 0.1) is 0 Å². The minimum absolute atomic E-state index is 0.108. The normalized spacial score (nSPS) is 19.2. The number of benzene rings is 1. The molecule has 2 rings (SSSR count). The van der Waals surface area contributed by atoms with Crippen LogP contribution in [-0.2, 0) is 9.47 Å². The van der Waals surface area contributed by atoms with Crippen molar-refractivity contribution in [1.29, 1.82) is 0 Å². The summed E-state index contributed by atoms with van der Waals surface area (Å²) < 4.78 is 10.8. The first-order valence-electron chi connectivity index (χ1n) is 7.05. The highest BCUT2D eigenvalue weighted by Gasteiger charge is 2.32. The SMILES string of the molecule is CC(C)(C)OC(=O)N1CCO[C@@H](C(=O)c2ccccc2)C1. The maximum absolute atomic E-state index is 12.3. The molecule has 5 nitrogen and oxygen atoms in total. The summed E-state index contributed by atoms with van der Waals surface area (Å²) in [6.45, 7) is 6.45. The lowest BCUT2D eigenvalue weighted by Gasteiger charge is -2.33. The lowest BCUT2D eigenvalue weighted by Crippen LogP contribution is -2.49. The van der Waals surface area contributed by atoms with E-state index in [9.17, 15) is 9.59 Å². The molecule has 0 bridgehead atoms. The standard InChI is InChI=1S/C16H21NO4/c1-16(2,3)21-15(19)17-9-10-20-13(11-17)14(18)12-7-5-4-6-8-12/h4-8,13H,9-11H2,1-3H3/t13-/m1/s1. The van der Waals surface area contributed by atoms with Crippen LogP contribution in [0.3, 0.4) is 0 Å².